The second-order valence-corrected chi connectivity index (χ2v) is 4.83. The molecule has 0 fully saturated rings. The number of nitrogens with one attached hydrogen (secondary N) is 1. The van der Waals surface area contributed by atoms with Crippen molar-refractivity contribution in [3.63, 3.8) is 0 Å². The number of hydrogen-bond acceptors (Lipinski definition) is 2. The Kier molecular flexibility index (Phi) is 5.56. The van der Waals surface area contributed by atoms with Gasteiger partial charge in [0.1, 0.15) is 10.7 Å². The Labute approximate surface area is 125 Å². The zero-order valence-corrected chi connectivity index (χ0v) is 12.5. The predicted octanol–water partition coefficient (Wildman–Crippen LogP) is 3.59. The summed E-state index contributed by atoms with van der Waals surface area (Å²) in [6, 6.07) is 18.3. The minimum absolute atomic E-state index is 0.643. The van der Waals surface area contributed by atoms with Crippen molar-refractivity contribution in [1.29, 1.82) is 0 Å². The predicted molar refractivity (Wildman–Crippen MR) is 87.5 cm³/mol. The molecule has 2 nitrogen and oxygen atoms in total. The van der Waals surface area contributed by atoms with E-state index < -0.39 is 0 Å². The van der Waals surface area contributed by atoms with Gasteiger partial charge in [-0.3, -0.25) is 0 Å². The van der Waals surface area contributed by atoms with Crippen LogP contribution in [-0.4, -0.2) is 18.1 Å². The number of ether oxygens (including phenoxy) is 1. The van der Waals surface area contributed by atoms with Crippen LogP contribution in [-0.2, 0) is 6.42 Å². The quantitative estimate of drug-likeness (QED) is 0.820. The molecule has 2 aromatic rings. The van der Waals surface area contributed by atoms with Crippen molar-refractivity contribution < 1.29 is 4.74 Å². The average molecular weight is 285 g/mol. The summed E-state index contributed by atoms with van der Waals surface area (Å²) in [6.45, 7) is 3.44. The van der Waals surface area contributed by atoms with E-state index in [0.717, 1.165) is 29.3 Å². The van der Waals surface area contributed by atoms with Gasteiger partial charge in [0, 0.05) is 6.54 Å². The second kappa shape index (κ2) is 7.65. The molecule has 3 heteroatoms. The van der Waals surface area contributed by atoms with Crippen molar-refractivity contribution in [3.8, 4) is 5.75 Å². The Morgan fingerprint density at radius 1 is 1.05 bits per heavy atom. The van der Waals surface area contributed by atoms with E-state index in [0.29, 0.717) is 6.61 Å². The maximum atomic E-state index is 5.60. The first kappa shape index (κ1) is 14.5. The molecule has 0 amide bonds. The first-order chi connectivity index (χ1) is 9.81. The van der Waals surface area contributed by atoms with Crippen molar-refractivity contribution in [2.24, 2.45) is 0 Å². The van der Waals surface area contributed by atoms with E-state index in [2.05, 4.69) is 29.6 Å². The van der Waals surface area contributed by atoms with E-state index in [1.165, 1.54) is 5.56 Å². The van der Waals surface area contributed by atoms with Crippen LogP contribution in [0.2, 0.25) is 0 Å². The highest BCUT2D eigenvalue weighted by atomic mass is 32.1. The lowest BCUT2D eigenvalue weighted by Gasteiger charge is -2.12. The van der Waals surface area contributed by atoms with Crippen LogP contribution in [0.5, 0.6) is 5.75 Å². The van der Waals surface area contributed by atoms with Crippen LogP contribution >= 0.6 is 12.2 Å². The Hall–Kier alpha value is -1.87. The minimum atomic E-state index is 0.643. The van der Waals surface area contributed by atoms with Gasteiger partial charge in [-0.25, -0.2) is 0 Å². The SMILES string of the molecule is CCOc1ccccc1C(=S)NCCc1ccccc1. The molecule has 0 aliphatic carbocycles. The molecule has 0 radical (unpaired) electrons. The fourth-order valence-electron chi connectivity index (χ4n) is 2.00. The molecule has 1 N–H and O–H groups in total. The first-order valence-corrected chi connectivity index (χ1v) is 7.26. The minimum Gasteiger partial charge on any atom is -0.493 e. The third-order valence-electron chi connectivity index (χ3n) is 2.97. The van der Waals surface area contributed by atoms with Crippen molar-refractivity contribution in [2.75, 3.05) is 13.2 Å². The van der Waals surface area contributed by atoms with Crippen LogP contribution in [0.1, 0.15) is 18.1 Å². The molecule has 0 unspecified atom stereocenters. The van der Waals surface area contributed by atoms with Gasteiger partial charge in [0.25, 0.3) is 0 Å². The van der Waals surface area contributed by atoms with Crippen LogP contribution in [0.25, 0.3) is 0 Å². The number of hydrogen-bond donors (Lipinski definition) is 1. The standard InChI is InChI=1S/C17H19NOS/c1-2-19-16-11-7-6-10-15(16)17(20)18-13-12-14-8-4-3-5-9-14/h3-11H,2,12-13H2,1H3,(H,18,20). The number of para-hydroxylation sites is 1. The topological polar surface area (TPSA) is 21.3 Å². The highest BCUT2D eigenvalue weighted by Crippen LogP contribution is 2.18. The summed E-state index contributed by atoms with van der Waals surface area (Å²) in [6.07, 6.45) is 0.956. The van der Waals surface area contributed by atoms with Gasteiger partial charge in [-0.05, 0) is 31.0 Å². The van der Waals surface area contributed by atoms with E-state index in [-0.39, 0.29) is 0 Å². The third kappa shape index (κ3) is 4.07. The smallest absolute Gasteiger partial charge is 0.129 e. The molecule has 2 rings (SSSR count). The molecule has 0 spiro atoms. The average Bonchev–Trinajstić information content (AvgIpc) is 2.49. The van der Waals surface area contributed by atoms with Crippen molar-refractivity contribution in [2.45, 2.75) is 13.3 Å². The Morgan fingerprint density at radius 3 is 2.50 bits per heavy atom. The molecule has 2 aromatic carbocycles. The first-order valence-electron chi connectivity index (χ1n) is 6.85. The molecule has 0 saturated heterocycles. The highest BCUT2D eigenvalue weighted by molar-refractivity contribution is 7.80. The van der Waals surface area contributed by atoms with Gasteiger partial charge in [-0.15, -0.1) is 0 Å². The van der Waals surface area contributed by atoms with Gasteiger partial charge < -0.3 is 10.1 Å². The van der Waals surface area contributed by atoms with E-state index >= 15 is 0 Å². The van der Waals surface area contributed by atoms with Gasteiger partial charge in [0.2, 0.25) is 0 Å². The lowest BCUT2D eigenvalue weighted by molar-refractivity contribution is 0.339. The molecule has 20 heavy (non-hydrogen) atoms. The van der Waals surface area contributed by atoms with Gasteiger partial charge in [-0.1, -0.05) is 54.7 Å². The lowest BCUT2D eigenvalue weighted by atomic mass is 10.1. The molecule has 0 atom stereocenters. The maximum Gasteiger partial charge on any atom is 0.129 e. The maximum absolute atomic E-state index is 5.60. The summed E-state index contributed by atoms with van der Waals surface area (Å²) in [4.78, 5) is 0.741. The fraction of sp³-hybridized carbons (Fsp3) is 0.235. The van der Waals surface area contributed by atoms with Crippen LogP contribution in [0.15, 0.2) is 54.6 Å². The number of thiocarbonyl (C=S) groups is 1. The monoisotopic (exact) mass is 285 g/mol. The van der Waals surface area contributed by atoms with Crippen LogP contribution in [0.4, 0.5) is 0 Å². The van der Waals surface area contributed by atoms with Crippen molar-refractivity contribution in [1.82, 2.24) is 5.32 Å². The van der Waals surface area contributed by atoms with Crippen LogP contribution in [0, 0.1) is 0 Å². The Morgan fingerprint density at radius 2 is 1.75 bits per heavy atom. The lowest BCUT2D eigenvalue weighted by Crippen LogP contribution is -2.25. The van der Waals surface area contributed by atoms with Crippen LogP contribution < -0.4 is 10.1 Å². The molecule has 0 aromatic heterocycles. The third-order valence-corrected chi connectivity index (χ3v) is 3.34. The highest BCUT2D eigenvalue weighted by Gasteiger charge is 2.07. The number of benzene rings is 2. The Bertz CT molecular complexity index is 554. The number of rotatable bonds is 6. The van der Waals surface area contributed by atoms with Crippen molar-refractivity contribution in [3.05, 3.63) is 65.7 Å². The van der Waals surface area contributed by atoms with Gasteiger partial charge in [-0.2, -0.15) is 0 Å². The van der Waals surface area contributed by atoms with E-state index in [9.17, 15) is 0 Å². The molecule has 0 aliphatic rings. The van der Waals surface area contributed by atoms with Crippen molar-refractivity contribution >= 4 is 17.2 Å². The fourth-order valence-corrected chi connectivity index (χ4v) is 2.27. The molecule has 0 bridgehead atoms. The summed E-state index contributed by atoms with van der Waals surface area (Å²) < 4.78 is 5.60. The van der Waals surface area contributed by atoms with Gasteiger partial charge >= 0.3 is 0 Å². The largest absolute Gasteiger partial charge is 0.493 e. The van der Waals surface area contributed by atoms with E-state index in [1.807, 2.05) is 37.3 Å². The van der Waals surface area contributed by atoms with Gasteiger partial charge in [0.05, 0.1) is 12.2 Å². The Balaban J connectivity index is 1.92. The summed E-state index contributed by atoms with van der Waals surface area (Å²) >= 11 is 5.45. The van der Waals surface area contributed by atoms with E-state index in [1.54, 1.807) is 0 Å². The zero-order chi connectivity index (χ0) is 14.2. The molecular formula is C17H19NOS. The molecule has 0 aliphatic heterocycles. The molecule has 0 heterocycles. The van der Waals surface area contributed by atoms with Crippen LogP contribution in [0.3, 0.4) is 0 Å². The molecule has 104 valence electrons. The normalized spacial score (nSPS) is 10.1. The van der Waals surface area contributed by atoms with Gasteiger partial charge in [0.15, 0.2) is 0 Å². The second-order valence-electron chi connectivity index (χ2n) is 4.42. The summed E-state index contributed by atoms with van der Waals surface area (Å²) in [5, 5.41) is 3.30. The summed E-state index contributed by atoms with van der Waals surface area (Å²) in [5.74, 6) is 0.840. The molecule has 0 saturated carbocycles. The summed E-state index contributed by atoms with van der Waals surface area (Å²) in [7, 11) is 0. The zero-order valence-electron chi connectivity index (χ0n) is 11.6. The molecular weight excluding hydrogens is 266 g/mol. The summed E-state index contributed by atoms with van der Waals surface area (Å²) in [5.41, 5.74) is 2.26. The van der Waals surface area contributed by atoms with E-state index in [4.69, 9.17) is 17.0 Å².